The first-order valence-electron chi connectivity index (χ1n) is 8.76. The van der Waals surface area contributed by atoms with E-state index in [0.29, 0.717) is 0 Å². The Morgan fingerprint density at radius 1 is 1.00 bits per heavy atom. The largest absolute Gasteiger partial charge is 0.468 e. The first-order valence-corrected chi connectivity index (χ1v) is 10.2. The topological polar surface area (TPSA) is 116 Å². The fraction of sp³-hybridized carbons (Fsp3) is 0.750. The molecular formula is C16H21F7O8S. The minimum atomic E-state index is -6.48. The van der Waals surface area contributed by atoms with E-state index in [1.807, 2.05) is 0 Å². The number of hydrogen-bond acceptors (Lipinski definition) is 7. The molecule has 0 saturated heterocycles. The highest BCUT2D eigenvalue weighted by molar-refractivity contribution is 7.87. The molecule has 1 N–H and O–H groups in total. The molecule has 0 spiro atoms. The van der Waals surface area contributed by atoms with E-state index in [4.69, 9.17) is 4.55 Å². The highest BCUT2D eigenvalue weighted by Gasteiger charge is 2.68. The lowest BCUT2D eigenvalue weighted by Crippen LogP contribution is -2.58. The zero-order chi connectivity index (χ0) is 25.6. The van der Waals surface area contributed by atoms with Gasteiger partial charge < -0.3 is 14.2 Å². The highest BCUT2D eigenvalue weighted by Crippen LogP contribution is 2.42. The van der Waals surface area contributed by atoms with Crippen LogP contribution in [0.1, 0.15) is 39.5 Å². The Morgan fingerprint density at radius 2 is 1.53 bits per heavy atom. The van der Waals surface area contributed by atoms with Crippen LogP contribution < -0.4 is 0 Å². The van der Waals surface area contributed by atoms with Crippen molar-refractivity contribution in [2.45, 2.75) is 62.7 Å². The molecule has 0 heterocycles. The third-order valence-corrected chi connectivity index (χ3v) is 4.55. The van der Waals surface area contributed by atoms with Gasteiger partial charge in [-0.05, 0) is 26.2 Å². The van der Waals surface area contributed by atoms with Gasteiger partial charge in [-0.25, -0.2) is 9.59 Å². The van der Waals surface area contributed by atoms with Crippen LogP contribution in [0, 0.1) is 0 Å². The number of halogens is 7. The Bertz CT molecular complexity index is 795. The number of carbonyl (C=O) groups is 2. The summed E-state index contributed by atoms with van der Waals surface area (Å²) in [6.07, 6.45) is -9.39. The Morgan fingerprint density at radius 3 is 1.94 bits per heavy atom. The van der Waals surface area contributed by atoms with Crippen molar-refractivity contribution in [2.75, 3.05) is 13.2 Å². The second-order valence-corrected chi connectivity index (χ2v) is 7.88. The molecule has 16 heteroatoms. The second-order valence-electron chi connectivity index (χ2n) is 6.42. The molecule has 0 amide bonds. The Hall–Kier alpha value is -1.94. The van der Waals surface area contributed by atoms with Crippen LogP contribution in [-0.4, -0.2) is 61.3 Å². The molecule has 0 fully saturated rings. The van der Waals surface area contributed by atoms with Gasteiger partial charge in [0.1, 0.15) is 0 Å². The average molecular weight is 506 g/mol. The maximum Gasteiger partial charge on any atom is 0.468 e. The lowest BCUT2D eigenvalue weighted by Gasteiger charge is -2.32. The molecule has 0 rings (SSSR count). The maximum absolute atomic E-state index is 13.6. The summed E-state index contributed by atoms with van der Waals surface area (Å²) in [5.74, 6) is -13.4. The fourth-order valence-corrected chi connectivity index (χ4v) is 2.37. The molecule has 0 aliphatic carbocycles. The van der Waals surface area contributed by atoms with Gasteiger partial charge >= 0.3 is 45.2 Å². The van der Waals surface area contributed by atoms with Crippen LogP contribution in [0.5, 0.6) is 0 Å². The van der Waals surface area contributed by atoms with Crippen molar-refractivity contribution in [1.29, 1.82) is 0 Å². The minimum absolute atomic E-state index is 0.0746. The van der Waals surface area contributed by atoms with Gasteiger partial charge in [0.15, 0.2) is 0 Å². The van der Waals surface area contributed by atoms with E-state index in [9.17, 15) is 48.7 Å². The van der Waals surface area contributed by atoms with Crippen LogP contribution in [0.25, 0.3) is 0 Å². The monoisotopic (exact) mass is 506 g/mol. The molecule has 0 aromatic rings. The quantitative estimate of drug-likeness (QED) is 0.101. The molecule has 0 aliphatic heterocycles. The highest BCUT2D eigenvalue weighted by atomic mass is 32.2. The minimum Gasteiger partial charge on any atom is -0.461 e. The maximum atomic E-state index is 13.6. The predicted octanol–water partition coefficient (Wildman–Crippen LogP) is 3.62. The predicted molar refractivity (Wildman–Crippen MR) is 92.2 cm³/mol. The van der Waals surface area contributed by atoms with Gasteiger partial charge in [-0.1, -0.05) is 13.5 Å². The summed E-state index contributed by atoms with van der Waals surface area (Å²) in [4.78, 5) is 23.6. The Kier molecular flexibility index (Phi) is 10.1. The van der Waals surface area contributed by atoms with Crippen molar-refractivity contribution in [2.24, 2.45) is 0 Å². The van der Waals surface area contributed by atoms with Crippen molar-refractivity contribution in [1.82, 2.24) is 0 Å². The molecular weight excluding hydrogens is 485 g/mol. The van der Waals surface area contributed by atoms with Crippen LogP contribution in [0.3, 0.4) is 0 Å². The van der Waals surface area contributed by atoms with Gasteiger partial charge in [-0.15, -0.1) is 0 Å². The molecule has 1 atom stereocenters. The van der Waals surface area contributed by atoms with Gasteiger partial charge in [-0.2, -0.15) is 39.2 Å². The van der Waals surface area contributed by atoms with E-state index >= 15 is 0 Å². The third kappa shape index (κ3) is 7.03. The van der Waals surface area contributed by atoms with Crippen molar-refractivity contribution in [3.05, 3.63) is 12.2 Å². The van der Waals surface area contributed by atoms with Crippen LogP contribution >= 0.6 is 0 Å². The fourth-order valence-electron chi connectivity index (χ4n) is 1.89. The van der Waals surface area contributed by atoms with Crippen molar-refractivity contribution in [3.8, 4) is 0 Å². The van der Waals surface area contributed by atoms with Gasteiger partial charge in [0.05, 0.1) is 13.2 Å². The number of carbonyl (C=O) groups excluding carboxylic acids is 2. The molecule has 32 heavy (non-hydrogen) atoms. The first kappa shape index (κ1) is 30.1. The zero-order valence-corrected chi connectivity index (χ0v) is 17.6. The molecule has 0 aliphatic rings. The Labute approximate surface area is 178 Å². The average Bonchev–Trinajstić information content (AvgIpc) is 2.62. The van der Waals surface area contributed by atoms with E-state index < -0.39 is 83.2 Å². The van der Waals surface area contributed by atoms with Crippen molar-refractivity contribution < 1.29 is 67.5 Å². The number of rotatable bonds is 13. The van der Waals surface area contributed by atoms with E-state index in [-0.39, 0.29) is 6.42 Å². The summed E-state index contributed by atoms with van der Waals surface area (Å²) in [5, 5.41) is -5.85. The Balaban J connectivity index is 5.49. The summed E-state index contributed by atoms with van der Waals surface area (Å²) in [6, 6.07) is 0. The molecule has 8 nitrogen and oxygen atoms in total. The number of ether oxygens (including phenoxy) is 3. The smallest absolute Gasteiger partial charge is 0.461 e. The van der Waals surface area contributed by atoms with E-state index in [0.717, 1.165) is 6.92 Å². The number of hydrogen-bond donors (Lipinski definition) is 1. The third-order valence-electron chi connectivity index (χ3n) is 3.60. The van der Waals surface area contributed by atoms with Gasteiger partial charge in [-0.3, -0.25) is 4.55 Å². The molecule has 0 bridgehead atoms. The SMILES string of the molecule is C=C(C)C(=O)OC(OCCCCC(F)(F)C(F)(F)S(=O)(=O)O)(C(=O)OCCC)C(F)(F)F. The van der Waals surface area contributed by atoms with Gasteiger partial charge in [0, 0.05) is 12.0 Å². The molecule has 0 aromatic heterocycles. The molecule has 188 valence electrons. The molecule has 0 aromatic carbocycles. The summed E-state index contributed by atoms with van der Waals surface area (Å²) in [6.45, 7) is 3.69. The standard InChI is InChI=1S/C16H21F7O8S/c1-4-8-29-12(25)14(15(19,20)21,31-11(24)10(2)3)30-9-6-5-7-13(17,18)16(22,23)32(26,27)28/h2,4-9H2,1,3H3,(H,26,27,28). The molecule has 1 unspecified atom stereocenters. The summed E-state index contributed by atoms with van der Waals surface area (Å²) in [5.41, 5.74) is -0.558. The van der Waals surface area contributed by atoms with E-state index in [1.165, 1.54) is 6.92 Å². The van der Waals surface area contributed by atoms with Crippen LogP contribution in [0.15, 0.2) is 12.2 Å². The van der Waals surface area contributed by atoms with Crippen LogP contribution in [-0.2, 0) is 33.9 Å². The number of alkyl halides is 7. The van der Waals surface area contributed by atoms with E-state index in [1.54, 1.807) is 0 Å². The van der Waals surface area contributed by atoms with Crippen molar-refractivity contribution in [3.63, 3.8) is 0 Å². The first-order chi connectivity index (χ1) is 14.3. The van der Waals surface area contributed by atoms with Crippen LogP contribution in [0.2, 0.25) is 0 Å². The zero-order valence-electron chi connectivity index (χ0n) is 16.8. The van der Waals surface area contributed by atoms with Crippen LogP contribution in [0.4, 0.5) is 30.7 Å². The molecule has 0 radical (unpaired) electrons. The lowest BCUT2D eigenvalue weighted by molar-refractivity contribution is -0.354. The number of esters is 2. The summed E-state index contributed by atoms with van der Waals surface area (Å²) in [7, 11) is -6.48. The molecule has 0 saturated carbocycles. The normalized spacial score (nSPS) is 15.1. The van der Waals surface area contributed by atoms with Gasteiger partial charge in [0.2, 0.25) is 0 Å². The summed E-state index contributed by atoms with van der Waals surface area (Å²) < 4.78 is 136. The van der Waals surface area contributed by atoms with Gasteiger partial charge in [0.25, 0.3) is 0 Å². The van der Waals surface area contributed by atoms with E-state index in [2.05, 4.69) is 20.8 Å². The lowest BCUT2D eigenvalue weighted by atomic mass is 10.1. The summed E-state index contributed by atoms with van der Waals surface area (Å²) >= 11 is 0. The van der Waals surface area contributed by atoms with Crippen molar-refractivity contribution >= 4 is 22.1 Å². The number of unbranched alkanes of at least 4 members (excludes halogenated alkanes) is 1. The second kappa shape index (κ2) is 10.8.